The molecule has 64 valence electrons. The number of amides is 1. The van der Waals surface area contributed by atoms with Gasteiger partial charge in [-0.3, -0.25) is 4.79 Å². The molecule has 0 rings (SSSR count). The third kappa shape index (κ3) is 3.07. The zero-order valence-corrected chi connectivity index (χ0v) is 7.40. The van der Waals surface area contributed by atoms with Crippen LogP contribution < -0.4 is 11.1 Å². The highest BCUT2D eigenvalue weighted by Crippen LogP contribution is 2.03. The van der Waals surface area contributed by atoms with Crippen LogP contribution >= 0.6 is 0 Å². The van der Waals surface area contributed by atoms with Gasteiger partial charge in [-0.25, -0.2) is 0 Å². The molecule has 0 atom stereocenters. The summed E-state index contributed by atoms with van der Waals surface area (Å²) < 4.78 is 0. The number of hydrogen-bond acceptors (Lipinski definition) is 2. The molecule has 0 aromatic carbocycles. The summed E-state index contributed by atoms with van der Waals surface area (Å²) >= 11 is 0. The first kappa shape index (κ1) is 10.0. The fraction of sp³-hybridized carbons (Fsp3) is 0.625. The Morgan fingerprint density at radius 3 is 2.27 bits per heavy atom. The fourth-order valence-electron chi connectivity index (χ4n) is 0.885. The molecule has 0 spiro atoms. The first-order valence-electron chi connectivity index (χ1n) is 3.86. The van der Waals surface area contributed by atoms with Crippen LogP contribution in [-0.4, -0.2) is 12.5 Å². The van der Waals surface area contributed by atoms with Gasteiger partial charge < -0.3 is 11.1 Å². The topological polar surface area (TPSA) is 55.1 Å². The second kappa shape index (κ2) is 4.77. The minimum absolute atomic E-state index is 0.345. The average molecular weight is 156 g/mol. The van der Waals surface area contributed by atoms with Crippen molar-refractivity contribution >= 4 is 5.91 Å². The van der Waals surface area contributed by atoms with Crippen LogP contribution in [0, 0.1) is 0 Å². The van der Waals surface area contributed by atoms with Crippen LogP contribution in [0.25, 0.3) is 0 Å². The van der Waals surface area contributed by atoms with Crippen molar-refractivity contribution in [2.45, 2.75) is 27.2 Å². The lowest BCUT2D eigenvalue weighted by Gasteiger charge is -2.08. The molecular weight excluding hydrogens is 140 g/mol. The van der Waals surface area contributed by atoms with E-state index in [1.807, 2.05) is 13.8 Å². The SMILES string of the molecule is CCN/C(CC)=C(/C)C(N)=O. The van der Waals surface area contributed by atoms with Gasteiger partial charge in [-0.05, 0) is 20.3 Å². The fourth-order valence-corrected chi connectivity index (χ4v) is 0.885. The quantitative estimate of drug-likeness (QED) is 0.590. The minimum atomic E-state index is -0.345. The van der Waals surface area contributed by atoms with Crippen molar-refractivity contribution in [2.24, 2.45) is 5.73 Å². The van der Waals surface area contributed by atoms with E-state index in [-0.39, 0.29) is 5.91 Å². The Balaban J connectivity index is 4.39. The number of carbonyl (C=O) groups is 1. The van der Waals surface area contributed by atoms with Crippen LogP contribution in [0.4, 0.5) is 0 Å². The van der Waals surface area contributed by atoms with Gasteiger partial charge in [0.25, 0.3) is 0 Å². The lowest BCUT2D eigenvalue weighted by atomic mass is 10.2. The molecule has 0 saturated carbocycles. The van der Waals surface area contributed by atoms with Gasteiger partial charge in [0, 0.05) is 17.8 Å². The van der Waals surface area contributed by atoms with Gasteiger partial charge in [-0.2, -0.15) is 0 Å². The largest absolute Gasteiger partial charge is 0.388 e. The molecule has 3 N–H and O–H groups in total. The van der Waals surface area contributed by atoms with E-state index < -0.39 is 0 Å². The first-order valence-corrected chi connectivity index (χ1v) is 3.86. The van der Waals surface area contributed by atoms with Crippen molar-refractivity contribution < 1.29 is 4.79 Å². The maximum absolute atomic E-state index is 10.7. The zero-order chi connectivity index (χ0) is 8.85. The standard InChI is InChI=1S/C8H16N2O/c1-4-7(10-5-2)6(3)8(9)11/h10H,4-5H2,1-3H3,(H2,9,11)/b7-6-. The summed E-state index contributed by atoms with van der Waals surface area (Å²) in [6.45, 7) is 6.55. The molecule has 0 radical (unpaired) electrons. The Labute approximate surface area is 67.7 Å². The highest BCUT2D eigenvalue weighted by Gasteiger charge is 2.03. The lowest BCUT2D eigenvalue weighted by Crippen LogP contribution is -2.20. The number of primary amides is 1. The summed E-state index contributed by atoms with van der Waals surface area (Å²) in [5.74, 6) is -0.345. The van der Waals surface area contributed by atoms with Crippen molar-refractivity contribution in [3.63, 3.8) is 0 Å². The Morgan fingerprint density at radius 1 is 1.45 bits per heavy atom. The molecule has 0 bridgehead atoms. The number of hydrogen-bond donors (Lipinski definition) is 2. The number of carbonyl (C=O) groups excluding carboxylic acids is 1. The van der Waals surface area contributed by atoms with Gasteiger partial charge in [0.15, 0.2) is 0 Å². The van der Waals surface area contributed by atoms with Gasteiger partial charge in [0.2, 0.25) is 5.91 Å². The maximum atomic E-state index is 10.7. The highest BCUT2D eigenvalue weighted by molar-refractivity contribution is 5.91. The molecule has 1 amide bonds. The highest BCUT2D eigenvalue weighted by atomic mass is 16.1. The van der Waals surface area contributed by atoms with Gasteiger partial charge in [-0.15, -0.1) is 0 Å². The summed E-state index contributed by atoms with van der Waals surface area (Å²) in [5, 5.41) is 3.09. The van der Waals surface area contributed by atoms with Crippen molar-refractivity contribution in [1.29, 1.82) is 0 Å². The minimum Gasteiger partial charge on any atom is -0.388 e. The molecule has 0 aromatic heterocycles. The number of rotatable bonds is 4. The molecule has 0 heterocycles. The van der Waals surface area contributed by atoms with E-state index >= 15 is 0 Å². The van der Waals surface area contributed by atoms with Crippen LogP contribution in [0.15, 0.2) is 11.3 Å². The molecular formula is C8H16N2O. The molecule has 0 aliphatic heterocycles. The van der Waals surface area contributed by atoms with E-state index in [4.69, 9.17) is 5.73 Å². The normalized spacial score (nSPS) is 12.3. The Bertz CT molecular complexity index is 173. The van der Waals surface area contributed by atoms with Crippen LogP contribution in [0.5, 0.6) is 0 Å². The third-order valence-electron chi connectivity index (χ3n) is 1.57. The molecule has 0 aliphatic rings. The second-order valence-electron chi connectivity index (χ2n) is 2.35. The lowest BCUT2D eigenvalue weighted by molar-refractivity contribution is -0.114. The predicted molar refractivity (Wildman–Crippen MR) is 45.9 cm³/mol. The van der Waals surface area contributed by atoms with Gasteiger partial charge in [0.1, 0.15) is 0 Å². The molecule has 0 aromatic rings. The Morgan fingerprint density at radius 2 is 2.00 bits per heavy atom. The first-order chi connectivity index (χ1) is 5.13. The van der Waals surface area contributed by atoms with Crippen LogP contribution in [0.3, 0.4) is 0 Å². The zero-order valence-electron chi connectivity index (χ0n) is 7.40. The van der Waals surface area contributed by atoms with Crippen LogP contribution in [-0.2, 0) is 4.79 Å². The van der Waals surface area contributed by atoms with Gasteiger partial charge in [0.05, 0.1) is 0 Å². The molecule has 3 heteroatoms. The van der Waals surface area contributed by atoms with Gasteiger partial charge in [-0.1, -0.05) is 6.92 Å². The Hall–Kier alpha value is -0.990. The van der Waals surface area contributed by atoms with Crippen LogP contribution in [0.2, 0.25) is 0 Å². The molecule has 0 fully saturated rings. The summed E-state index contributed by atoms with van der Waals surface area (Å²) in [7, 11) is 0. The smallest absolute Gasteiger partial charge is 0.246 e. The monoisotopic (exact) mass is 156 g/mol. The van der Waals surface area contributed by atoms with E-state index in [0.29, 0.717) is 5.57 Å². The van der Waals surface area contributed by atoms with E-state index in [1.54, 1.807) is 6.92 Å². The molecule has 0 saturated heterocycles. The summed E-state index contributed by atoms with van der Waals surface area (Å²) in [6.07, 6.45) is 0.822. The number of allylic oxidation sites excluding steroid dienone is 1. The van der Waals surface area contributed by atoms with Crippen molar-refractivity contribution in [3.8, 4) is 0 Å². The molecule has 3 nitrogen and oxygen atoms in total. The van der Waals surface area contributed by atoms with E-state index in [1.165, 1.54) is 0 Å². The molecule has 0 aliphatic carbocycles. The van der Waals surface area contributed by atoms with E-state index in [2.05, 4.69) is 5.32 Å². The number of nitrogens with two attached hydrogens (primary N) is 1. The van der Waals surface area contributed by atoms with E-state index in [9.17, 15) is 4.79 Å². The Kier molecular flexibility index (Phi) is 4.34. The maximum Gasteiger partial charge on any atom is 0.246 e. The third-order valence-corrected chi connectivity index (χ3v) is 1.57. The molecule has 0 unspecified atom stereocenters. The predicted octanol–water partition coefficient (Wildman–Crippen LogP) is 0.765. The summed E-state index contributed by atoms with van der Waals surface area (Å²) in [6, 6.07) is 0. The summed E-state index contributed by atoms with van der Waals surface area (Å²) in [4.78, 5) is 10.7. The van der Waals surface area contributed by atoms with Gasteiger partial charge >= 0.3 is 0 Å². The van der Waals surface area contributed by atoms with E-state index in [0.717, 1.165) is 18.7 Å². The van der Waals surface area contributed by atoms with Crippen LogP contribution in [0.1, 0.15) is 27.2 Å². The van der Waals surface area contributed by atoms with Crippen molar-refractivity contribution in [1.82, 2.24) is 5.32 Å². The van der Waals surface area contributed by atoms with Crippen molar-refractivity contribution in [2.75, 3.05) is 6.54 Å². The second-order valence-corrected chi connectivity index (χ2v) is 2.35. The average Bonchev–Trinajstić information content (AvgIpc) is 1.98. The van der Waals surface area contributed by atoms with Crippen molar-refractivity contribution in [3.05, 3.63) is 11.3 Å². The summed E-state index contributed by atoms with van der Waals surface area (Å²) in [5.41, 5.74) is 6.68. The number of nitrogens with one attached hydrogen (secondary N) is 1. The molecule has 11 heavy (non-hydrogen) atoms.